The predicted octanol–water partition coefficient (Wildman–Crippen LogP) is 3.88. The minimum absolute atomic E-state index is 0.0271. The number of nitrogens with zero attached hydrogens (tertiary/aromatic N) is 1. The Morgan fingerprint density at radius 2 is 1.96 bits per heavy atom. The van der Waals surface area contributed by atoms with Gasteiger partial charge in [-0.1, -0.05) is 24.3 Å². The number of ether oxygens (including phenoxy) is 1. The molecule has 28 heavy (non-hydrogen) atoms. The number of carbonyl (C=O) groups is 2. The molecule has 0 saturated heterocycles. The van der Waals surface area contributed by atoms with Crippen molar-refractivity contribution in [3.8, 4) is 11.1 Å². The van der Waals surface area contributed by atoms with Gasteiger partial charge in [0.2, 0.25) is 5.95 Å². The Labute approximate surface area is 164 Å². The average molecular weight is 400 g/mol. The highest BCUT2D eigenvalue weighted by atomic mass is 35.5. The van der Waals surface area contributed by atoms with E-state index in [-0.39, 0.29) is 34.5 Å². The molecule has 0 radical (unpaired) electrons. The molecule has 6 nitrogen and oxygen atoms in total. The SMILES string of the molecule is CCOC(=O)c1c(F)nc2cccc(C(=O)Cl)c2c1-c1cccc(C(=N)N)c1. The van der Waals surface area contributed by atoms with Crippen molar-refractivity contribution in [2.75, 3.05) is 6.61 Å². The monoisotopic (exact) mass is 399 g/mol. The van der Waals surface area contributed by atoms with Crippen LogP contribution >= 0.6 is 11.6 Å². The molecule has 0 unspecified atom stereocenters. The molecule has 1 heterocycles. The van der Waals surface area contributed by atoms with Crippen LogP contribution in [0.4, 0.5) is 4.39 Å². The minimum atomic E-state index is -1.03. The van der Waals surface area contributed by atoms with E-state index in [2.05, 4.69) is 4.98 Å². The van der Waals surface area contributed by atoms with Gasteiger partial charge in [-0.3, -0.25) is 10.2 Å². The molecule has 142 valence electrons. The van der Waals surface area contributed by atoms with Crippen LogP contribution in [0.1, 0.15) is 33.2 Å². The Hall–Kier alpha value is -3.32. The standard InChI is InChI=1S/C20H15ClFN3O3/c1-2-28-20(27)16-14(10-5-3-6-11(9-10)19(23)24)15-12(17(21)26)7-4-8-13(15)25-18(16)22/h3-9H,2H2,1H3,(H3,23,24). The molecular weight excluding hydrogens is 385 g/mol. The number of amidine groups is 1. The minimum Gasteiger partial charge on any atom is -0.462 e. The lowest BCUT2D eigenvalue weighted by atomic mass is 9.92. The number of nitrogens with two attached hydrogens (primary N) is 1. The molecule has 0 fully saturated rings. The summed E-state index contributed by atoms with van der Waals surface area (Å²) < 4.78 is 19.8. The van der Waals surface area contributed by atoms with E-state index in [0.29, 0.717) is 11.1 Å². The molecule has 8 heteroatoms. The number of esters is 1. The van der Waals surface area contributed by atoms with Gasteiger partial charge in [0.25, 0.3) is 5.24 Å². The van der Waals surface area contributed by atoms with Crippen molar-refractivity contribution < 1.29 is 18.7 Å². The van der Waals surface area contributed by atoms with Crippen LogP contribution in [0.2, 0.25) is 0 Å². The lowest BCUT2D eigenvalue weighted by Gasteiger charge is -2.15. The molecule has 3 aromatic rings. The molecule has 2 aromatic carbocycles. The first-order valence-electron chi connectivity index (χ1n) is 8.29. The molecular formula is C20H15ClFN3O3. The molecule has 0 amide bonds. The fourth-order valence-electron chi connectivity index (χ4n) is 2.97. The molecule has 1 aromatic heterocycles. The van der Waals surface area contributed by atoms with Crippen molar-refractivity contribution in [1.82, 2.24) is 4.98 Å². The second-order valence-corrected chi connectivity index (χ2v) is 6.18. The van der Waals surface area contributed by atoms with Crippen LogP contribution in [0.15, 0.2) is 42.5 Å². The summed E-state index contributed by atoms with van der Waals surface area (Å²) in [5.41, 5.74) is 6.20. The summed E-state index contributed by atoms with van der Waals surface area (Å²) in [5, 5.41) is 7.07. The van der Waals surface area contributed by atoms with Crippen molar-refractivity contribution in [3.63, 3.8) is 0 Å². The smallest absolute Gasteiger partial charge is 0.343 e. The summed E-state index contributed by atoms with van der Waals surface area (Å²) in [7, 11) is 0. The Kier molecular flexibility index (Phi) is 5.37. The molecule has 0 spiro atoms. The van der Waals surface area contributed by atoms with Crippen molar-refractivity contribution in [2.45, 2.75) is 6.92 Å². The topological polar surface area (TPSA) is 106 Å². The van der Waals surface area contributed by atoms with Crippen LogP contribution in [0.3, 0.4) is 0 Å². The van der Waals surface area contributed by atoms with Crippen LogP contribution < -0.4 is 5.73 Å². The second-order valence-electron chi connectivity index (χ2n) is 5.84. The number of halogens is 2. The van der Waals surface area contributed by atoms with Crippen LogP contribution in [-0.4, -0.2) is 28.6 Å². The van der Waals surface area contributed by atoms with Crippen molar-refractivity contribution >= 4 is 39.6 Å². The third-order valence-corrected chi connectivity index (χ3v) is 4.32. The Morgan fingerprint density at radius 3 is 2.61 bits per heavy atom. The summed E-state index contributed by atoms with van der Waals surface area (Å²) in [4.78, 5) is 28.3. The molecule has 0 bridgehead atoms. The van der Waals surface area contributed by atoms with E-state index in [1.807, 2.05) is 0 Å². The van der Waals surface area contributed by atoms with Gasteiger partial charge >= 0.3 is 5.97 Å². The number of nitrogens with one attached hydrogen (secondary N) is 1. The third-order valence-electron chi connectivity index (χ3n) is 4.12. The Balaban J connectivity index is 2.50. The fourth-order valence-corrected chi connectivity index (χ4v) is 3.13. The number of carbonyl (C=O) groups excluding carboxylic acids is 2. The lowest BCUT2D eigenvalue weighted by Crippen LogP contribution is -2.13. The van der Waals surface area contributed by atoms with Gasteiger partial charge in [0.05, 0.1) is 12.1 Å². The first-order valence-corrected chi connectivity index (χ1v) is 8.67. The normalized spacial score (nSPS) is 10.7. The van der Waals surface area contributed by atoms with Crippen LogP contribution in [0, 0.1) is 11.4 Å². The van der Waals surface area contributed by atoms with Crippen molar-refractivity contribution in [2.24, 2.45) is 5.73 Å². The maximum atomic E-state index is 14.8. The van der Waals surface area contributed by atoms with E-state index >= 15 is 0 Å². The summed E-state index contributed by atoms with van der Waals surface area (Å²) in [5.74, 6) is -2.16. The summed E-state index contributed by atoms with van der Waals surface area (Å²) in [6, 6.07) is 10.8. The van der Waals surface area contributed by atoms with Gasteiger partial charge in [-0.15, -0.1) is 0 Å². The number of hydrogen-bond acceptors (Lipinski definition) is 5. The summed E-state index contributed by atoms with van der Waals surface area (Å²) in [6.45, 7) is 1.62. The van der Waals surface area contributed by atoms with E-state index in [9.17, 15) is 14.0 Å². The molecule has 3 N–H and O–H groups in total. The van der Waals surface area contributed by atoms with E-state index in [1.54, 1.807) is 25.1 Å². The molecule has 0 saturated carbocycles. The van der Waals surface area contributed by atoms with Gasteiger partial charge in [0, 0.05) is 22.1 Å². The third kappa shape index (κ3) is 3.44. The number of benzene rings is 2. The highest BCUT2D eigenvalue weighted by Gasteiger charge is 2.26. The molecule has 3 rings (SSSR count). The van der Waals surface area contributed by atoms with Crippen LogP contribution in [-0.2, 0) is 4.74 Å². The molecule has 0 atom stereocenters. The quantitative estimate of drug-likeness (QED) is 0.222. The average Bonchev–Trinajstić information content (AvgIpc) is 2.66. The van der Waals surface area contributed by atoms with E-state index in [4.69, 9.17) is 27.5 Å². The number of pyridine rings is 1. The van der Waals surface area contributed by atoms with E-state index in [0.717, 1.165) is 0 Å². The van der Waals surface area contributed by atoms with Crippen LogP contribution in [0.5, 0.6) is 0 Å². The van der Waals surface area contributed by atoms with Crippen molar-refractivity contribution in [3.05, 3.63) is 65.1 Å². The van der Waals surface area contributed by atoms with Gasteiger partial charge in [-0.25, -0.2) is 9.78 Å². The molecule has 0 aliphatic heterocycles. The number of rotatable bonds is 5. The zero-order valence-electron chi connectivity index (χ0n) is 14.8. The number of aromatic nitrogens is 1. The Bertz CT molecular complexity index is 1130. The van der Waals surface area contributed by atoms with Gasteiger partial charge in [0.15, 0.2) is 0 Å². The second kappa shape index (κ2) is 7.74. The highest BCUT2D eigenvalue weighted by Crippen LogP contribution is 2.36. The fraction of sp³-hybridized carbons (Fsp3) is 0.100. The Morgan fingerprint density at radius 1 is 1.25 bits per heavy atom. The number of fused-ring (bicyclic) bond motifs is 1. The van der Waals surface area contributed by atoms with E-state index in [1.165, 1.54) is 24.3 Å². The van der Waals surface area contributed by atoms with E-state index < -0.39 is 22.7 Å². The molecule has 0 aliphatic carbocycles. The number of hydrogen-bond donors (Lipinski definition) is 2. The first kappa shape index (κ1) is 19.4. The lowest BCUT2D eigenvalue weighted by molar-refractivity contribution is 0.0521. The van der Waals surface area contributed by atoms with Gasteiger partial charge in [-0.2, -0.15) is 4.39 Å². The predicted molar refractivity (Wildman–Crippen MR) is 104 cm³/mol. The molecule has 0 aliphatic rings. The van der Waals surface area contributed by atoms with Gasteiger partial charge in [0.1, 0.15) is 11.4 Å². The first-order chi connectivity index (χ1) is 13.3. The van der Waals surface area contributed by atoms with Gasteiger partial charge in [-0.05, 0) is 42.3 Å². The highest BCUT2D eigenvalue weighted by molar-refractivity contribution is 6.68. The maximum Gasteiger partial charge on any atom is 0.343 e. The summed E-state index contributed by atoms with van der Waals surface area (Å²) >= 11 is 5.73. The van der Waals surface area contributed by atoms with Crippen molar-refractivity contribution in [1.29, 1.82) is 5.41 Å². The maximum absolute atomic E-state index is 14.8. The zero-order valence-corrected chi connectivity index (χ0v) is 15.5. The van der Waals surface area contributed by atoms with Gasteiger partial charge < -0.3 is 10.5 Å². The largest absolute Gasteiger partial charge is 0.462 e. The zero-order chi connectivity index (χ0) is 20.4. The summed E-state index contributed by atoms with van der Waals surface area (Å²) in [6.07, 6.45) is 0. The van der Waals surface area contributed by atoms with Crippen LogP contribution in [0.25, 0.3) is 22.0 Å². The number of nitrogen functional groups attached to an aromatic ring is 1.